The van der Waals surface area contributed by atoms with Crippen molar-refractivity contribution in [1.29, 1.82) is 0 Å². The Kier molecular flexibility index (Phi) is 9.20. The van der Waals surface area contributed by atoms with Crippen molar-refractivity contribution in [2.75, 3.05) is 18.5 Å². The summed E-state index contributed by atoms with van der Waals surface area (Å²) in [6.07, 6.45) is 2.12. The summed E-state index contributed by atoms with van der Waals surface area (Å²) >= 11 is 1.44. The Balaban J connectivity index is 0.976. The van der Waals surface area contributed by atoms with Crippen LogP contribution in [-0.2, 0) is 28.7 Å². The van der Waals surface area contributed by atoms with Crippen LogP contribution in [0, 0.1) is 22.7 Å². The SMILES string of the molecule is C=C1C=C[C@@]2(C)C(=C1)[C@@H](F)C[C@H]1[C@@H]3C[C@H]4O[C@@H](c5ccc(Sc6cccc(NC(=O)CCN7C(=O)C=CC7=O)c6)cc5)O[C@@]4(C(=O)CO)[C@@]3(C)C[C@H](O)[C@@]12F. The number of ketones is 1. The Bertz CT molecular complexity index is 2070. The van der Waals surface area contributed by atoms with E-state index in [1.54, 1.807) is 50.3 Å². The number of imide groups is 1. The van der Waals surface area contributed by atoms with Crippen molar-refractivity contribution in [2.24, 2.45) is 22.7 Å². The molecule has 4 aliphatic carbocycles. The van der Waals surface area contributed by atoms with E-state index in [0.29, 0.717) is 16.8 Å². The first kappa shape index (κ1) is 37.6. The number of aliphatic hydroxyl groups is 2. The minimum absolute atomic E-state index is 0.0190. The van der Waals surface area contributed by atoms with E-state index in [-0.39, 0.29) is 43.7 Å². The van der Waals surface area contributed by atoms with Crippen LogP contribution in [0.2, 0.25) is 0 Å². The Labute approximate surface area is 321 Å². The molecule has 55 heavy (non-hydrogen) atoms. The molecule has 13 heteroatoms. The quantitative estimate of drug-likeness (QED) is 0.273. The predicted molar refractivity (Wildman–Crippen MR) is 198 cm³/mol. The fourth-order valence-corrected chi connectivity index (χ4v) is 11.2. The minimum Gasteiger partial charge on any atom is -0.390 e. The van der Waals surface area contributed by atoms with Crippen LogP contribution < -0.4 is 5.32 Å². The first-order chi connectivity index (χ1) is 26.1. The molecule has 10 nitrogen and oxygen atoms in total. The highest BCUT2D eigenvalue weighted by Gasteiger charge is 2.80. The highest BCUT2D eigenvalue weighted by atomic mass is 32.2. The number of allylic oxidation sites excluding steroid dienone is 5. The van der Waals surface area contributed by atoms with Gasteiger partial charge in [0.05, 0.1) is 12.2 Å². The number of alkyl halides is 2. The van der Waals surface area contributed by atoms with Gasteiger partial charge >= 0.3 is 0 Å². The Morgan fingerprint density at radius 2 is 1.76 bits per heavy atom. The van der Waals surface area contributed by atoms with Crippen LogP contribution in [0.5, 0.6) is 0 Å². The van der Waals surface area contributed by atoms with Crippen molar-refractivity contribution in [1.82, 2.24) is 4.90 Å². The second-order valence-corrected chi connectivity index (χ2v) is 17.0. The van der Waals surface area contributed by atoms with Gasteiger partial charge in [-0.3, -0.25) is 24.1 Å². The maximum absolute atomic E-state index is 17.7. The minimum atomic E-state index is -2.22. The molecule has 2 aromatic carbocycles. The van der Waals surface area contributed by atoms with Crippen LogP contribution in [0.15, 0.2) is 106 Å². The predicted octanol–water partition coefficient (Wildman–Crippen LogP) is 5.72. The van der Waals surface area contributed by atoms with Crippen molar-refractivity contribution in [3.05, 3.63) is 102 Å². The number of nitrogens with zero attached hydrogens (tertiary/aromatic N) is 1. The molecule has 4 fully saturated rings. The Morgan fingerprint density at radius 1 is 1.04 bits per heavy atom. The fourth-order valence-electron chi connectivity index (χ4n) is 10.3. The van der Waals surface area contributed by atoms with E-state index in [1.165, 1.54) is 23.9 Å². The van der Waals surface area contributed by atoms with E-state index < -0.39 is 82.8 Å². The third-order valence-electron chi connectivity index (χ3n) is 13.0. The average Bonchev–Trinajstić information content (AvgIpc) is 3.78. The zero-order chi connectivity index (χ0) is 39.1. The molecule has 0 aromatic heterocycles. The monoisotopic (exact) mass is 772 g/mol. The van der Waals surface area contributed by atoms with Gasteiger partial charge in [0.2, 0.25) is 5.91 Å². The summed E-state index contributed by atoms with van der Waals surface area (Å²) < 4.78 is 46.8. The molecular formula is C42H42F2N2O8S. The van der Waals surface area contributed by atoms with E-state index in [9.17, 15) is 29.4 Å². The van der Waals surface area contributed by atoms with Crippen molar-refractivity contribution in [3.63, 3.8) is 0 Å². The van der Waals surface area contributed by atoms with Gasteiger partial charge in [0, 0.05) is 62.9 Å². The molecule has 0 spiro atoms. The Morgan fingerprint density at radius 3 is 2.47 bits per heavy atom. The van der Waals surface area contributed by atoms with Gasteiger partial charge < -0.3 is 25.0 Å². The van der Waals surface area contributed by atoms with Crippen LogP contribution >= 0.6 is 11.8 Å². The summed E-state index contributed by atoms with van der Waals surface area (Å²) in [5, 5.41) is 24.9. The van der Waals surface area contributed by atoms with Gasteiger partial charge in [-0.25, -0.2) is 8.78 Å². The number of nitrogens with one attached hydrogen (secondary N) is 1. The molecule has 3 saturated carbocycles. The smallest absolute Gasteiger partial charge is 0.253 e. The summed E-state index contributed by atoms with van der Waals surface area (Å²) in [4.78, 5) is 52.7. The first-order valence-corrected chi connectivity index (χ1v) is 19.3. The first-order valence-electron chi connectivity index (χ1n) is 18.4. The van der Waals surface area contributed by atoms with Crippen LogP contribution in [0.3, 0.4) is 0 Å². The fraction of sp³-hybridized carbons (Fsp3) is 0.429. The number of hydrogen-bond donors (Lipinski definition) is 3. The van der Waals surface area contributed by atoms with Gasteiger partial charge in [-0.1, -0.05) is 61.7 Å². The van der Waals surface area contributed by atoms with E-state index in [0.717, 1.165) is 14.7 Å². The van der Waals surface area contributed by atoms with Crippen molar-refractivity contribution < 1.29 is 47.6 Å². The number of rotatable bonds is 9. The molecular weight excluding hydrogens is 731 g/mol. The van der Waals surface area contributed by atoms with Gasteiger partial charge in [-0.15, -0.1) is 0 Å². The van der Waals surface area contributed by atoms with Gasteiger partial charge in [-0.2, -0.15) is 0 Å². The van der Waals surface area contributed by atoms with Gasteiger partial charge in [0.25, 0.3) is 11.8 Å². The average molecular weight is 773 g/mol. The van der Waals surface area contributed by atoms with E-state index in [4.69, 9.17) is 9.47 Å². The van der Waals surface area contributed by atoms with Crippen molar-refractivity contribution in [3.8, 4) is 0 Å². The van der Waals surface area contributed by atoms with Crippen LogP contribution in [0.4, 0.5) is 14.5 Å². The number of aliphatic hydroxyl groups excluding tert-OH is 2. The van der Waals surface area contributed by atoms with Crippen LogP contribution in [0.25, 0.3) is 0 Å². The second-order valence-electron chi connectivity index (χ2n) is 15.8. The van der Waals surface area contributed by atoms with Gasteiger partial charge in [-0.05, 0) is 73.6 Å². The topological polar surface area (TPSA) is 142 Å². The molecule has 288 valence electrons. The third-order valence-corrected chi connectivity index (χ3v) is 14.0. The van der Waals surface area contributed by atoms with Gasteiger partial charge in [0.1, 0.15) is 12.8 Å². The van der Waals surface area contributed by atoms with Crippen molar-refractivity contribution in [2.45, 2.75) is 85.3 Å². The molecule has 0 unspecified atom stereocenters. The number of anilines is 1. The molecule has 2 aliphatic heterocycles. The number of carbonyl (C=O) groups excluding carboxylic acids is 4. The molecule has 2 heterocycles. The Hall–Kier alpha value is -4.27. The zero-order valence-electron chi connectivity index (χ0n) is 30.4. The second kappa shape index (κ2) is 13.4. The van der Waals surface area contributed by atoms with E-state index >= 15 is 8.78 Å². The number of benzene rings is 2. The number of Topliss-reactive ketones (excluding diaryl/α,β-unsaturated/α-hetero) is 1. The number of ether oxygens (including phenoxy) is 2. The molecule has 3 N–H and O–H groups in total. The number of amides is 3. The van der Waals surface area contributed by atoms with E-state index in [2.05, 4.69) is 11.9 Å². The lowest BCUT2D eigenvalue weighted by Gasteiger charge is -2.63. The molecule has 0 radical (unpaired) electrons. The van der Waals surface area contributed by atoms with Crippen LogP contribution in [0.1, 0.15) is 51.4 Å². The van der Waals surface area contributed by atoms with Crippen molar-refractivity contribution >= 4 is 41.0 Å². The third kappa shape index (κ3) is 5.64. The molecule has 3 amide bonds. The zero-order valence-corrected chi connectivity index (χ0v) is 31.2. The number of carbonyl (C=O) groups is 4. The normalized spacial score (nSPS) is 37.3. The lowest BCUT2D eigenvalue weighted by atomic mass is 9.44. The summed E-state index contributed by atoms with van der Waals surface area (Å²) in [5.74, 6) is -3.39. The molecule has 0 bridgehead atoms. The summed E-state index contributed by atoms with van der Waals surface area (Å²) in [6, 6.07) is 14.6. The maximum Gasteiger partial charge on any atom is 0.253 e. The van der Waals surface area contributed by atoms with Crippen LogP contribution in [-0.4, -0.2) is 81.4 Å². The molecule has 8 rings (SSSR count). The summed E-state index contributed by atoms with van der Waals surface area (Å²) in [6.45, 7) is 6.45. The summed E-state index contributed by atoms with van der Waals surface area (Å²) in [5.41, 5.74) is -4.54. The standard InChI is InChI=1S/C42H42F2N2O8S/c1-23-13-15-39(2)30(17-23)31(43)19-29-28-20-34-42(33(49)22-47,40(28,3)21-32(48)41(29,39)44)54-38(53-34)24-7-9-26(10-8-24)55-27-6-4-5-25(18-27)45-35(50)14-16-46-36(51)11-12-37(46)52/h4-13,15,17-18,28-29,31-32,34,38,47-48H,1,14,16,19-22H2,2-3H3,(H,45,50)/t28-,29-,31-,32-,34+,38+,39-,40-,41-,42+/m0/s1. The number of hydrogen-bond acceptors (Lipinski definition) is 9. The highest BCUT2D eigenvalue weighted by molar-refractivity contribution is 7.99. The summed E-state index contributed by atoms with van der Waals surface area (Å²) in [7, 11) is 0. The molecule has 6 aliphatic rings. The highest BCUT2D eigenvalue weighted by Crippen LogP contribution is 2.72. The molecule has 10 atom stereocenters. The maximum atomic E-state index is 17.7. The lowest BCUT2D eigenvalue weighted by Crippen LogP contribution is -2.70. The molecule has 1 saturated heterocycles. The molecule has 2 aromatic rings. The largest absolute Gasteiger partial charge is 0.390 e. The van der Waals surface area contributed by atoms with Gasteiger partial charge in [0.15, 0.2) is 23.3 Å². The van der Waals surface area contributed by atoms with E-state index in [1.807, 2.05) is 30.3 Å². The lowest BCUT2D eigenvalue weighted by molar-refractivity contribution is -0.235. The number of fused-ring (bicyclic) bond motifs is 7. The number of halogens is 2.